The highest BCUT2D eigenvalue weighted by Gasteiger charge is 2.28. The number of rotatable bonds is 11. The maximum absolute atomic E-state index is 12.2. The van der Waals surface area contributed by atoms with Crippen molar-refractivity contribution in [2.24, 2.45) is 4.99 Å². The van der Waals surface area contributed by atoms with E-state index in [1.165, 1.54) is 12.3 Å². The van der Waals surface area contributed by atoms with E-state index in [-0.39, 0.29) is 36.4 Å². The Labute approximate surface area is 190 Å². The van der Waals surface area contributed by atoms with Crippen LogP contribution in [0.3, 0.4) is 0 Å². The van der Waals surface area contributed by atoms with Gasteiger partial charge in [-0.3, -0.25) is 0 Å². The first-order valence-corrected chi connectivity index (χ1v) is 9.23. The minimum atomic E-state index is -4.40. The van der Waals surface area contributed by atoms with Gasteiger partial charge < -0.3 is 24.5 Å². The van der Waals surface area contributed by atoms with Crippen LogP contribution in [0.2, 0.25) is 0 Å². The van der Waals surface area contributed by atoms with Crippen molar-refractivity contribution in [1.29, 1.82) is 0 Å². The van der Waals surface area contributed by atoms with Crippen molar-refractivity contribution in [2.45, 2.75) is 32.7 Å². The number of pyridine rings is 1. The molecule has 2 aromatic heterocycles. The first-order valence-electron chi connectivity index (χ1n) is 9.23. The molecule has 0 radical (unpaired) electrons. The third kappa shape index (κ3) is 11.2. The maximum atomic E-state index is 12.2. The largest absolute Gasteiger partial charge is 0.468 e. The predicted molar refractivity (Wildman–Crippen MR) is 117 cm³/mol. The standard InChI is InChI=1S/C19H25F3N4O3.HI/c1-2-23-18(25-7-4-9-27-13-16-5-3-10-28-16)26-12-15-6-8-24-17(11-15)29-14-19(20,21)22;/h3,5-6,8,10-11H,2,4,7,9,12-14H2,1H3,(H2,23,25,26);1H. The molecule has 0 atom stereocenters. The van der Waals surface area contributed by atoms with E-state index in [1.54, 1.807) is 12.3 Å². The number of ether oxygens (including phenoxy) is 2. The minimum Gasteiger partial charge on any atom is -0.468 e. The fraction of sp³-hybridized carbons (Fsp3) is 0.474. The van der Waals surface area contributed by atoms with Gasteiger partial charge in [0, 0.05) is 32.0 Å². The summed E-state index contributed by atoms with van der Waals surface area (Å²) in [6, 6.07) is 6.79. The Bertz CT molecular complexity index is 743. The fourth-order valence-corrected chi connectivity index (χ4v) is 2.24. The maximum Gasteiger partial charge on any atom is 0.422 e. The number of aromatic nitrogens is 1. The highest BCUT2D eigenvalue weighted by atomic mass is 127. The average Bonchev–Trinajstić information content (AvgIpc) is 3.20. The second-order valence-corrected chi connectivity index (χ2v) is 6.01. The van der Waals surface area contributed by atoms with Crippen molar-refractivity contribution in [3.8, 4) is 5.88 Å². The van der Waals surface area contributed by atoms with E-state index in [1.807, 2.05) is 19.1 Å². The van der Waals surface area contributed by atoms with Crippen LogP contribution in [0.15, 0.2) is 46.1 Å². The molecule has 11 heteroatoms. The van der Waals surface area contributed by atoms with E-state index < -0.39 is 12.8 Å². The molecule has 30 heavy (non-hydrogen) atoms. The Kier molecular flexibility index (Phi) is 12.2. The number of nitrogens with zero attached hydrogens (tertiary/aromatic N) is 2. The number of aliphatic imine (C=N–C) groups is 1. The van der Waals surface area contributed by atoms with E-state index in [0.717, 1.165) is 12.2 Å². The highest BCUT2D eigenvalue weighted by Crippen LogP contribution is 2.17. The van der Waals surface area contributed by atoms with Crippen molar-refractivity contribution in [1.82, 2.24) is 15.6 Å². The molecule has 2 aromatic rings. The Balaban J connectivity index is 0.00000450. The van der Waals surface area contributed by atoms with E-state index in [2.05, 4.69) is 25.3 Å². The quantitative estimate of drug-likeness (QED) is 0.194. The zero-order valence-corrected chi connectivity index (χ0v) is 18.9. The van der Waals surface area contributed by atoms with E-state index in [0.29, 0.717) is 37.8 Å². The average molecular weight is 542 g/mol. The van der Waals surface area contributed by atoms with Gasteiger partial charge in [0.15, 0.2) is 12.6 Å². The van der Waals surface area contributed by atoms with Gasteiger partial charge in [-0.25, -0.2) is 9.98 Å². The summed E-state index contributed by atoms with van der Waals surface area (Å²) in [6.07, 6.45) is -0.629. The van der Waals surface area contributed by atoms with Gasteiger partial charge in [0.2, 0.25) is 5.88 Å². The normalized spacial score (nSPS) is 11.7. The van der Waals surface area contributed by atoms with E-state index >= 15 is 0 Å². The van der Waals surface area contributed by atoms with E-state index in [9.17, 15) is 13.2 Å². The second-order valence-electron chi connectivity index (χ2n) is 6.01. The summed E-state index contributed by atoms with van der Waals surface area (Å²) in [4.78, 5) is 8.21. The summed E-state index contributed by atoms with van der Waals surface area (Å²) < 4.78 is 52.1. The van der Waals surface area contributed by atoms with Crippen molar-refractivity contribution in [3.63, 3.8) is 0 Å². The van der Waals surface area contributed by atoms with Crippen LogP contribution in [0.1, 0.15) is 24.7 Å². The van der Waals surface area contributed by atoms with Crippen molar-refractivity contribution in [2.75, 3.05) is 26.3 Å². The summed E-state index contributed by atoms with van der Waals surface area (Å²) in [5, 5.41) is 6.30. The Morgan fingerprint density at radius 3 is 2.80 bits per heavy atom. The molecule has 0 aliphatic heterocycles. The lowest BCUT2D eigenvalue weighted by Crippen LogP contribution is -2.38. The highest BCUT2D eigenvalue weighted by molar-refractivity contribution is 14.0. The predicted octanol–water partition coefficient (Wildman–Crippen LogP) is 3.90. The van der Waals surface area contributed by atoms with Crippen LogP contribution in [-0.2, 0) is 17.9 Å². The number of hydrogen-bond donors (Lipinski definition) is 2. The molecule has 0 saturated carbocycles. The van der Waals surface area contributed by atoms with Crippen molar-refractivity contribution in [3.05, 3.63) is 48.0 Å². The molecule has 0 aromatic carbocycles. The third-order valence-electron chi connectivity index (χ3n) is 3.53. The number of halogens is 4. The molecule has 2 N–H and O–H groups in total. The molecule has 0 amide bonds. The number of furan rings is 1. The molecule has 0 spiro atoms. The SMILES string of the molecule is CCNC(=NCc1ccnc(OCC(F)(F)F)c1)NCCCOCc1ccco1.I. The van der Waals surface area contributed by atoms with Crippen LogP contribution in [0.25, 0.3) is 0 Å². The van der Waals surface area contributed by atoms with Gasteiger partial charge in [-0.1, -0.05) is 0 Å². The summed E-state index contributed by atoms with van der Waals surface area (Å²) in [5.74, 6) is 1.30. The van der Waals surface area contributed by atoms with Gasteiger partial charge in [-0.15, -0.1) is 24.0 Å². The van der Waals surface area contributed by atoms with Gasteiger partial charge in [-0.2, -0.15) is 13.2 Å². The molecule has 7 nitrogen and oxygen atoms in total. The molecular weight excluding hydrogens is 516 g/mol. The number of guanidine groups is 1. The molecule has 0 aliphatic carbocycles. The first kappa shape index (κ1) is 26.0. The van der Waals surface area contributed by atoms with Crippen molar-refractivity contribution >= 4 is 29.9 Å². The molecule has 0 bridgehead atoms. The molecule has 168 valence electrons. The monoisotopic (exact) mass is 542 g/mol. The number of alkyl halides is 3. The Morgan fingerprint density at radius 1 is 1.27 bits per heavy atom. The number of nitrogens with one attached hydrogen (secondary N) is 2. The zero-order valence-electron chi connectivity index (χ0n) is 16.6. The number of hydrogen-bond acceptors (Lipinski definition) is 5. The smallest absolute Gasteiger partial charge is 0.422 e. The van der Waals surface area contributed by atoms with Crippen LogP contribution < -0.4 is 15.4 Å². The molecule has 2 rings (SSSR count). The fourth-order valence-electron chi connectivity index (χ4n) is 2.24. The minimum absolute atomic E-state index is 0. The molecule has 2 heterocycles. The van der Waals surface area contributed by atoms with Crippen molar-refractivity contribution < 1.29 is 27.1 Å². The molecular formula is C19H26F3IN4O3. The third-order valence-corrected chi connectivity index (χ3v) is 3.53. The Hall–Kier alpha value is -2.02. The zero-order chi connectivity index (χ0) is 21.0. The summed E-state index contributed by atoms with van der Waals surface area (Å²) in [7, 11) is 0. The lowest BCUT2D eigenvalue weighted by atomic mass is 10.3. The summed E-state index contributed by atoms with van der Waals surface area (Å²) >= 11 is 0. The van der Waals surface area contributed by atoms with Crippen LogP contribution in [-0.4, -0.2) is 43.4 Å². The second kappa shape index (κ2) is 14.1. The topological polar surface area (TPSA) is 80.9 Å². The van der Waals surface area contributed by atoms with Gasteiger partial charge in [0.1, 0.15) is 12.4 Å². The van der Waals surface area contributed by atoms with Gasteiger partial charge in [-0.05, 0) is 37.1 Å². The van der Waals surface area contributed by atoms with Gasteiger partial charge >= 0.3 is 6.18 Å². The Morgan fingerprint density at radius 2 is 2.10 bits per heavy atom. The van der Waals surface area contributed by atoms with Crippen LogP contribution in [0.4, 0.5) is 13.2 Å². The van der Waals surface area contributed by atoms with E-state index in [4.69, 9.17) is 9.15 Å². The molecule has 0 saturated heterocycles. The van der Waals surface area contributed by atoms with Crippen LogP contribution in [0, 0.1) is 0 Å². The molecule has 0 aliphatic rings. The van der Waals surface area contributed by atoms with Crippen LogP contribution >= 0.6 is 24.0 Å². The molecule has 0 unspecified atom stereocenters. The summed E-state index contributed by atoms with van der Waals surface area (Å²) in [6.45, 7) is 3.17. The summed E-state index contributed by atoms with van der Waals surface area (Å²) in [5.41, 5.74) is 0.691. The molecule has 0 fully saturated rings. The lowest BCUT2D eigenvalue weighted by molar-refractivity contribution is -0.154. The lowest BCUT2D eigenvalue weighted by Gasteiger charge is -2.12. The van der Waals surface area contributed by atoms with Gasteiger partial charge in [0.05, 0.1) is 12.8 Å². The van der Waals surface area contributed by atoms with Gasteiger partial charge in [0.25, 0.3) is 0 Å². The first-order chi connectivity index (χ1) is 14.0. The van der Waals surface area contributed by atoms with Crippen LogP contribution in [0.5, 0.6) is 5.88 Å².